The van der Waals surface area contributed by atoms with Crippen molar-refractivity contribution in [2.45, 2.75) is 38.5 Å². The summed E-state index contributed by atoms with van der Waals surface area (Å²) in [5, 5.41) is 10.3. The highest BCUT2D eigenvalue weighted by molar-refractivity contribution is 6.22. The SMILES string of the molecule is CC1(C)c2ccccc2-c2cc3c(cc21)-c1ccc(-c2c4ccccc4c(-c4ccc5c(ccc6ccccc65)c4)c4ccccc24)cc1C3(C)C. The number of hydrogen-bond acceptors (Lipinski definition) is 0. The van der Waals surface area contributed by atoms with Gasteiger partial charge in [0, 0.05) is 10.8 Å². The summed E-state index contributed by atoms with van der Waals surface area (Å²) in [5.41, 5.74) is 16.3. The maximum Gasteiger partial charge on any atom is 0.0159 e. The Morgan fingerprint density at radius 2 is 0.731 bits per heavy atom. The van der Waals surface area contributed by atoms with Crippen molar-refractivity contribution in [1.29, 1.82) is 0 Å². The normalized spacial score (nSPS) is 14.8. The second kappa shape index (κ2) is 10.3. The van der Waals surface area contributed by atoms with Crippen molar-refractivity contribution in [1.82, 2.24) is 0 Å². The molecule has 0 aromatic heterocycles. The third kappa shape index (κ3) is 3.87. The number of rotatable bonds is 2. The van der Waals surface area contributed by atoms with Gasteiger partial charge in [-0.1, -0.05) is 161 Å². The molecular weight excluding hydrogens is 625 g/mol. The Morgan fingerprint density at radius 3 is 1.38 bits per heavy atom. The van der Waals surface area contributed by atoms with Crippen molar-refractivity contribution in [3.05, 3.63) is 180 Å². The zero-order valence-corrected chi connectivity index (χ0v) is 30.0. The van der Waals surface area contributed by atoms with Crippen molar-refractivity contribution in [3.8, 4) is 44.5 Å². The lowest BCUT2D eigenvalue weighted by Crippen LogP contribution is -2.17. The predicted octanol–water partition coefficient (Wildman–Crippen LogP) is 14.2. The van der Waals surface area contributed by atoms with Crippen LogP contribution in [0.15, 0.2) is 158 Å². The van der Waals surface area contributed by atoms with Gasteiger partial charge in [0.25, 0.3) is 0 Å². The average molecular weight is 663 g/mol. The third-order valence-electron chi connectivity index (χ3n) is 12.6. The summed E-state index contributed by atoms with van der Waals surface area (Å²) in [5.74, 6) is 0. The quantitative estimate of drug-likeness (QED) is 0.128. The summed E-state index contributed by atoms with van der Waals surface area (Å²) in [7, 11) is 0. The Kier molecular flexibility index (Phi) is 5.89. The van der Waals surface area contributed by atoms with E-state index in [4.69, 9.17) is 0 Å². The van der Waals surface area contributed by atoms with Gasteiger partial charge in [-0.25, -0.2) is 0 Å². The highest BCUT2D eigenvalue weighted by Crippen LogP contribution is 2.57. The largest absolute Gasteiger partial charge is 0.0619 e. The monoisotopic (exact) mass is 662 g/mol. The van der Waals surface area contributed by atoms with Crippen molar-refractivity contribution in [2.24, 2.45) is 0 Å². The molecule has 2 aliphatic carbocycles. The van der Waals surface area contributed by atoms with Gasteiger partial charge in [-0.15, -0.1) is 0 Å². The summed E-state index contributed by atoms with van der Waals surface area (Å²) in [6, 6.07) is 59.7. The molecule has 0 amide bonds. The fourth-order valence-corrected chi connectivity index (χ4v) is 10.0. The van der Waals surface area contributed by atoms with E-state index in [0.29, 0.717) is 0 Å². The van der Waals surface area contributed by atoms with Gasteiger partial charge in [-0.2, -0.15) is 0 Å². The van der Waals surface area contributed by atoms with Crippen molar-refractivity contribution in [3.63, 3.8) is 0 Å². The fraction of sp³-hybridized carbons (Fsp3) is 0.115. The first kappa shape index (κ1) is 29.7. The highest BCUT2D eigenvalue weighted by Gasteiger charge is 2.41. The van der Waals surface area contributed by atoms with Crippen LogP contribution in [0.3, 0.4) is 0 Å². The molecular formula is C52H38. The summed E-state index contributed by atoms with van der Waals surface area (Å²) < 4.78 is 0. The van der Waals surface area contributed by atoms with Crippen LogP contribution in [-0.4, -0.2) is 0 Å². The topological polar surface area (TPSA) is 0 Å². The van der Waals surface area contributed by atoms with E-state index in [9.17, 15) is 0 Å². The Balaban J connectivity index is 1.12. The van der Waals surface area contributed by atoms with Gasteiger partial charge < -0.3 is 0 Å². The summed E-state index contributed by atoms with van der Waals surface area (Å²) in [6.45, 7) is 9.60. The van der Waals surface area contributed by atoms with Gasteiger partial charge in [-0.3, -0.25) is 0 Å². The average Bonchev–Trinajstić information content (AvgIpc) is 3.54. The molecule has 0 nitrogen and oxygen atoms in total. The minimum absolute atomic E-state index is 0.0216. The Hall–Kier alpha value is -5.98. The molecule has 9 aromatic carbocycles. The molecule has 2 aliphatic rings. The fourth-order valence-electron chi connectivity index (χ4n) is 10.0. The number of hydrogen-bond donors (Lipinski definition) is 0. The Labute approximate surface area is 305 Å². The smallest absolute Gasteiger partial charge is 0.0159 e. The van der Waals surface area contributed by atoms with Gasteiger partial charge >= 0.3 is 0 Å². The molecule has 0 N–H and O–H groups in total. The van der Waals surface area contributed by atoms with E-state index >= 15 is 0 Å². The molecule has 9 aromatic rings. The third-order valence-corrected chi connectivity index (χ3v) is 12.6. The molecule has 0 fully saturated rings. The maximum absolute atomic E-state index is 2.52. The molecule has 0 saturated heterocycles. The van der Waals surface area contributed by atoms with Gasteiger partial charge in [0.05, 0.1) is 0 Å². The van der Waals surface area contributed by atoms with E-state index in [1.54, 1.807) is 0 Å². The van der Waals surface area contributed by atoms with Gasteiger partial charge in [-0.05, 0) is 134 Å². The first-order chi connectivity index (χ1) is 25.3. The Morgan fingerprint density at radius 1 is 0.288 bits per heavy atom. The second-order valence-corrected chi connectivity index (χ2v) is 16.1. The standard InChI is InChI=1S/C52H38/c1-51(2)45-20-12-11-15-37(45)43-29-48-44(30-47(43)51)38-26-24-34(28-46(38)52(48,3)4)50-41-18-9-7-16-39(41)49(40-17-8-10-19-42(40)50)33-23-25-36-32(27-33)22-21-31-13-5-6-14-35(31)36/h5-30H,1-4H3. The zero-order valence-electron chi connectivity index (χ0n) is 30.0. The van der Waals surface area contributed by atoms with Crippen LogP contribution in [0.1, 0.15) is 49.9 Å². The van der Waals surface area contributed by atoms with E-state index < -0.39 is 0 Å². The van der Waals surface area contributed by atoms with Crippen LogP contribution in [0, 0.1) is 0 Å². The lowest BCUT2D eigenvalue weighted by molar-refractivity contribution is 0.652. The van der Waals surface area contributed by atoms with Gasteiger partial charge in [0.15, 0.2) is 0 Å². The molecule has 0 atom stereocenters. The van der Waals surface area contributed by atoms with E-state index in [1.807, 2.05) is 0 Å². The number of benzene rings is 9. The minimum atomic E-state index is -0.127. The van der Waals surface area contributed by atoms with Crippen molar-refractivity contribution >= 4 is 43.1 Å². The van der Waals surface area contributed by atoms with Gasteiger partial charge in [0.1, 0.15) is 0 Å². The van der Waals surface area contributed by atoms with E-state index in [-0.39, 0.29) is 10.8 Å². The molecule has 11 rings (SSSR count). The summed E-state index contributed by atoms with van der Waals surface area (Å²) >= 11 is 0. The first-order valence-corrected chi connectivity index (χ1v) is 18.6. The Bertz CT molecular complexity index is 2950. The second-order valence-electron chi connectivity index (χ2n) is 16.1. The molecule has 246 valence electrons. The van der Waals surface area contributed by atoms with Crippen molar-refractivity contribution < 1.29 is 0 Å². The highest BCUT2D eigenvalue weighted by atomic mass is 14.4. The molecule has 0 unspecified atom stereocenters. The van der Waals surface area contributed by atoms with E-state index in [2.05, 4.69) is 185 Å². The van der Waals surface area contributed by atoms with Crippen LogP contribution in [-0.2, 0) is 10.8 Å². The lowest BCUT2D eigenvalue weighted by Gasteiger charge is -2.24. The van der Waals surface area contributed by atoms with Gasteiger partial charge in [0.2, 0.25) is 0 Å². The van der Waals surface area contributed by atoms with Crippen LogP contribution in [0.25, 0.3) is 87.6 Å². The first-order valence-electron chi connectivity index (χ1n) is 18.6. The summed E-state index contributed by atoms with van der Waals surface area (Å²) in [4.78, 5) is 0. The molecule has 0 radical (unpaired) electrons. The van der Waals surface area contributed by atoms with Crippen LogP contribution < -0.4 is 0 Å². The number of fused-ring (bicyclic) bond motifs is 11. The molecule has 0 aliphatic heterocycles. The molecule has 0 heterocycles. The van der Waals surface area contributed by atoms with E-state index in [1.165, 1.54) is 110 Å². The van der Waals surface area contributed by atoms with Crippen molar-refractivity contribution in [2.75, 3.05) is 0 Å². The molecule has 0 spiro atoms. The zero-order chi connectivity index (χ0) is 34.9. The lowest BCUT2D eigenvalue weighted by atomic mass is 9.78. The maximum atomic E-state index is 2.52. The predicted molar refractivity (Wildman–Crippen MR) is 222 cm³/mol. The molecule has 0 bridgehead atoms. The van der Waals surface area contributed by atoms with Crippen LogP contribution >= 0.6 is 0 Å². The molecule has 52 heavy (non-hydrogen) atoms. The van der Waals surface area contributed by atoms with Crippen LogP contribution in [0.4, 0.5) is 0 Å². The minimum Gasteiger partial charge on any atom is -0.0619 e. The summed E-state index contributed by atoms with van der Waals surface area (Å²) in [6.07, 6.45) is 0. The van der Waals surface area contributed by atoms with Crippen LogP contribution in [0.2, 0.25) is 0 Å². The van der Waals surface area contributed by atoms with Crippen LogP contribution in [0.5, 0.6) is 0 Å². The van der Waals surface area contributed by atoms with E-state index in [0.717, 1.165) is 0 Å². The molecule has 0 saturated carbocycles. The molecule has 0 heteroatoms.